The molecule has 0 N–H and O–H groups in total. The first-order valence-electron chi connectivity index (χ1n) is 7.50. The van der Waals surface area contributed by atoms with Crippen molar-refractivity contribution in [2.24, 2.45) is 0 Å². The molecule has 0 spiro atoms. The van der Waals surface area contributed by atoms with Gasteiger partial charge in [0.05, 0.1) is 28.3 Å². The molecule has 0 heterocycles. The van der Waals surface area contributed by atoms with Gasteiger partial charge in [-0.1, -0.05) is 29.3 Å². The number of carbonyl (C=O) groups is 1. The second-order valence-electron chi connectivity index (χ2n) is 5.56. The summed E-state index contributed by atoms with van der Waals surface area (Å²) in [4.78, 5) is 11.5. The third-order valence-corrected chi connectivity index (χ3v) is 5.75. The van der Waals surface area contributed by atoms with Crippen LogP contribution in [0.3, 0.4) is 0 Å². The Kier molecular flexibility index (Phi) is 6.06. The van der Waals surface area contributed by atoms with Crippen molar-refractivity contribution in [3.05, 3.63) is 58.6 Å². The third kappa shape index (κ3) is 4.72. The Labute approximate surface area is 159 Å². The summed E-state index contributed by atoms with van der Waals surface area (Å²) < 4.78 is 70.1. The van der Waals surface area contributed by atoms with E-state index in [0.29, 0.717) is 10.4 Å². The highest BCUT2D eigenvalue weighted by molar-refractivity contribution is 7.92. The Hall–Kier alpha value is -2.26. The fourth-order valence-corrected chi connectivity index (χ4v) is 3.89. The highest BCUT2D eigenvalue weighted by atomic mass is 35.5. The van der Waals surface area contributed by atoms with Crippen LogP contribution in [0.4, 0.5) is 18.9 Å². The van der Waals surface area contributed by atoms with Crippen molar-refractivity contribution in [1.82, 2.24) is 0 Å². The van der Waals surface area contributed by atoms with Crippen LogP contribution in [-0.4, -0.2) is 28.0 Å². The number of methoxy groups -OCH3 is 1. The molecule has 2 aromatic carbocycles. The van der Waals surface area contributed by atoms with Crippen LogP contribution in [0.5, 0.6) is 0 Å². The number of sulfonamides is 1. The van der Waals surface area contributed by atoms with Crippen LogP contribution in [0, 0.1) is 6.92 Å². The molecular formula is C17H15ClF3NO4S. The van der Waals surface area contributed by atoms with E-state index < -0.39 is 40.0 Å². The molecule has 27 heavy (non-hydrogen) atoms. The van der Waals surface area contributed by atoms with Crippen molar-refractivity contribution in [2.75, 3.05) is 18.0 Å². The molecule has 0 atom stereocenters. The Morgan fingerprint density at radius 2 is 1.74 bits per heavy atom. The predicted octanol–water partition coefficient (Wildman–Crippen LogP) is 4.04. The molecule has 0 saturated heterocycles. The second kappa shape index (κ2) is 7.77. The van der Waals surface area contributed by atoms with Crippen LogP contribution in [0.2, 0.25) is 5.02 Å². The van der Waals surface area contributed by atoms with Crippen LogP contribution in [0.1, 0.15) is 11.1 Å². The van der Waals surface area contributed by atoms with Gasteiger partial charge >= 0.3 is 12.1 Å². The molecule has 5 nitrogen and oxygen atoms in total. The standard InChI is InChI=1S/C17H15ClF3NO4S/c1-11-3-6-13(7-4-11)27(24,25)22(10-16(23)26-2)15-9-12(17(19,20)21)5-8-14(15)18/h3-9H,10H2,1-2H3. The van der Waals surface area contributed by atoms with Gasteiger partial charge in [0.2, 0.25) is 0 Å². The molecule has 0 unspecified atom stereocenters. The first kappa shape index (κ1) is 21.0. The lowest BCUT2D eigenvalue weighted by atomic mass is 10.2. The quantitative estimate of drug-likeness (QED) is 0.684. The summed E-state index contributed by atoms with van der Waals surface area (Å²) in [7, 11) is -3.35. The molecule has 0 bridgehead atoms. The van der Waals surface area contributed by atoms with Crippen molar-refractivity contribution < 1.29 is 31.1 Å². The van der Waals surface area contributed by atoms with Gasteiger partial charge in [0, 0.05) is 0 Å². The van der Waals surface area contributed by atoms with E-state index in [0.717, 1.165) is 24.8 Å². The molecule has 146 valence electrons. The summed E-state index contributed by atoms with van der Waals surface area (Å²) in [6.45, 7) is 0.903. The van der Waals surface area contributed by atoms with Gasteiger partial charge in [0.15, 0.2) is 0 Å². The number of alkyl halides is 3. The summed E-state index contributed by atoms with van der Waals surface area (Å²) in [6.07, 6.45) is -4.72. The Morgan fingerprint density at radius 3 is 2.26 bits per heavy atom. The number of benzene rings is 2. The van der Waals surface area contributed by atoms with Gasteiger partial charge < -0.3 is 4.74 Å². The normalized spacial score (nSPS) is 11.9. The Bertz CT molecular complexity index is 944. The molecule has 0 saturated carbocycles. The van der Waals surface area contributed by atoms with Crippen LogP contribution >= 0.6 is 11.6 Å². The molecule has 0 fully saturated rings. The summed E-state index contributed by atoms with van der Waals surface area (Å²) in [5, 5.41) is -0.261. The van der Waals surface area contributed by atoms with E-state index in [2.05, 4.69) is 4.74 Å². The number of hydrogen-bond acceptors (Lipinski definition) is 4. The zero-order chi connectivity index (χ0) is 20.4. The maximum absolute atomic E-state index is 13.1. The predicted molar refractivity (Wildman–Crippen MR) is 94.2 cm³/mol. The van der Waals surface area contributed by atoms with Crippen LogP contribution in [0.15, 0.2) is 47.4 Å². The first-order chi connectivity index (χ1) is 12.5. The average Bonchev–Trinajstić information content (AvgIpc) is 2.59. The summed E-state index contributed by atoms with van der Waals surface area (Å²) in [5.74, 6) is -0.959. The van der Waals surface area contributed by atoms with E-state index in [1.54, 1.807) is 6.92 Å². The minimum Gasteiger partial charge on any atom is -0.468 e. The number of hydrogen-bond donors (Lipinski definition) is 0. The van der Waals surface area contributed by atoms with E-state index in [1.165, 1.54) is 24.3 Å². The zero-order valence-corrected chi connectivity index (χ0v) is 15.8. The molecular weight excluding hydrogens is 407 g/mol. The number of anilines is 1. The zero-order valence-electron chi connectivity index (χ0n) is 14.2. The van der Waals surface area contributed by atoms with E-state index in [9.17, 15) is 26.4 Å². The fourth-order valence-electron chi connectivity index (χ4n) is 2.20. The van der Waals surface area contributed by atoms with Crippen molar-refractivity contribution in [1.29, 1.82) is 0 Å². The number of aryl methyl sites for hydroxylation is 1. The van der Waals surface area contributed by atoms with E-state index in [4.69, 9.17) is 11.6 Å². The van der Waals surface area contributed by atoms with Gasteiger partial charge in [0.1, 0.15) is 6.54 Å². The molecule has 0 aliphatic carbocycles. The summed E-state index contributed by atoms with van der Waals surface area (Å²) in [5.41, 5.74) is -0.793. The highest BCUT2D eigenvalue weighted by Crippen LogP contribution is 2.37. The first-order valence-corrected chi connectivity index (χ1v) is 9.31. The lowest BCUT2D eigenvalue weighted by Gasteiger charge is -2.25. The molecule has 0 radical (unpaired) electrons. The lowest BCUT2D eigenvalue weighted by molar-refractivity contribution is -0.139. The minimum absolute atomic E-state index is 0.203. The van der Waals surface area contributed by atoms with Crippen LogP contribution in [-0.2, 0) is 25.7 Å². The van der Waals surface area contributed by atoms with Crippen LogP contribution < -0.4 is 4.31 Å². The second-order valence-corrected chi connectivity index (χ2v) is 7.83. The molecule has 10 heteroatoms. The maximum atomic E-state index is 13.1. The lowest BCUT2D eigenvalue weighted by Crippen LogP contribution is -2.36. The van der Waals surface area contributed by atoms with E-state index in [-0.39, 0.29) is 9.92 Å². The van der Waals surface area contributed by atoms with Gasteiger partial charge in [-0.15, -0.1) is 0 Å². The molecule has 0 aromatic heterocycles. The maximum Gasteiger partial charge on any atom is 0.416 e. The van der Waals surface area contributed by atoms with Crippen molar-refractivity contribution in [3.63, 3.8) is 0 Å². The number of rotatable bonds is 5. The molecule has 2 rings (SSSR count). The van der Waals surface area contributed by atoms with E-state index in [1.807, 2.05) is 0 Å². The molecule has 2 aromatic rings. The molecule has 0 aliphatic rings. The number of ether oxygens (including phenoxy) is 1. The SMILES string of the molecule is COC(=O)CN(c1cc(C(F)(F)F)ccc1Cl)S(=O)(=O)c1ccc(C)cc1. The van der Waals surface area contributed by atoms with Gasteiger partial charge in [-0.2, -0.15) is 13.2 Å². The van der Waals surface area contributed by atoms with Gasteiger partial charge in [0.25, 0.3) is 10.0 Å². The highest BCUT2D eigenvalue weighted by Gasteiger charge is 2.34. The number of halogens is 4. The molecule has 0 amide bonds. The fraction of sp³-hybridized carbons (Fsp3) is 0.235. The van der Waals surface area contributed by atoms with Gasteiger partial charge in [-0.05, 0) is 37.3 Å². The summed E-state index contributed by atoms with van der Waals surface area (Å²) >= 11 is 5.96. The molecule has 0 aliphatic heterocycles. The van der Waals surface area contributed by atoms with Crippen molar-refractivity contribution in [2.45, 2.75) is 18.0 Å². The smallest absolute Gasteiger partial charge is 0.416 e. The minimum atomic E-state index is -4.72. The van der Waals surface area contributed by atoms with Crippen LogP contribution in [0.25, 0.3) is 0 Å². The largest absolute Gasteiger partial charge is 0.468 e. The Morgan fingerprint density at radius 1 is 1.15 bits per heavy atom. The van der Waals surface area contributed by atoms with Gasteiger partial charge in [-0.25, -0.2) is 8.42 Å². The topological polar surface area (TPSA) is 63.7 Å². The van der Waals surface area contributed by atoms with Gasteiger partial charge in [-0.3, -0.25) is 9.10 Å². The number of esters is 1. The van der Waals surface area contributed by atoms with Crippen molar-refractivity contribution in [3.8, 4) is 0 Å². The average molecular weight is 422 g/mol. The van der Waals surface area contributed by atoms with E-state index >= 15 is 0 Å². The van der Waals surface area contributed by atoms with Crippen molar-refractivity contribution >= 4 is 33.3 Å². The Balaban J connectivity index is 2.65. The third-order valence-electron chi connectivity index (χ3n) is 3.65. The summed E-state index contributed by atoms with van der Waals surface area (Å²) in [6, 6.07) is 7.85. The number of nitrogens with zero attached hydrogens (tertiary/aromatic N) is 1. The number of carbonyl (C=O) groups excluding carboxylic acids is 1. The monoisotopic (exact) mass is 421 g/mol.